The molecule has 0 spiro atoms. The molecule has 2 N–H and O–H groups in total. The predicted octanol–water partition coefficient (Wildman–Crippen LogP) is 1.17. The van der Waals surface area contributed by atoms with Crippen LogP contribution in [-0.4, -0.2) is 24.6 Å². The standard InChI is InChI=1S/C11H10N6S/c12-11(10-7-14-16-18-10)9-6-13-15-17(9)8-4-2-1-3-5-8/h1-7,11H,12H2. The summed E-state index contributed by atoms with van der Waals surface area (Å²) in [5.74, 6) is 0. The minimum absolute atomic E-state index is 0.319. The quantitative estimate of drug-likeness (QED) is 0.762. The van der Waals surface area contributed by atoms with Gasteiger partial charge in [-0.25, -0.2) is 4.68 Å². The van der Waals surface area contributed by atoms with Crippen molar-refractivity contribution in [2.45, 2.75) is 6.04 Å². The van der Waals surface area contributed by atoms with E-state index in [-0.39, 0.29) is 6.04 Å². The maximum Gasteiger partial charge on any atom is 0.0870 e. The minimum atomic E-state index is -0.319. The van der Waals surface area contributed by atoms with Crippen molar-refractivity contribution in [1.29, 1.82) is 0 Å². The van der Waals surface area contributed by atoms with E-state index in [0.717, 1.165) is 16.3 Å². The SMILES string of the molecule is NC(c1cnns1)c1cnnn1-c1ccccc1. The van der Waals surface area contributed by atoms with E-state index in [1.54, 1.807) is 17.1 Å². The molecule has 90 valence electrons. The number of nitrogens with two attached hydrogens (primary N) is 1. The molecule has 3 aromatic rings. The highest BCUT2D eigenvalue weighted by Gasteiger charge is 2.17. The van der Waals surface area contributed by atoms with Crippen molar-refractivity contribution in [3.05, 3.63) is 53.3 Å². The van der Waals surface area contributed by atoms with Gasteiger partial charge in [-0.2, -0.15) is 0 Å². The molecule has 6 nitrogen and oxygen atoms in total. The molecule has 0 aliphatic carbocycles. The first-order valence-electron chi connectivity index (χ1n) is 5.35. The molecule has 1 aromatic carbocycles. The molecule has 0 radical (unpaired) electrons. The van der Waals surface area contributed by atoms with Gasteiger partial charge in [-0.1, -0.05) is 27.9 Å². The Bertz CT molecular complexity index is 618. The molecule has 18 heavy (non-hydrogen) atoms. The third-order valence-corrected chi connectivity index (χ3v) is 3.33. The normalized spacial score (nSPS) is 12.5. The fraction of sp³-hybridized carbons (Fsp3) is 0.0909. The van der Waals surface area contributed by atoms with Gasteiger partial charge in [-0.05, 0) is 23.7 Å². The number of hydrogen-bond acceptors (Lipinski definition) is 6. The van der Waals surface area contributed by atoms with Crippen LogP contribution in [0.1, 0.15) is 16.6 Å². The second-order valence-corrected chi connectivity index (χ2v) is 4.52. The fourth-order valence-corrected chi connectivity index (χ4v) is 2.20. The second kappa shape index (κ2) is 4.63. The summed E-state index contributed by atoms with van der Waals surface area (Å²) in [5, 5.41) is 11.8. The van der Waals surface area contributed by atoms with Crippen molar-refractivity contribution in [2.75, 3.05) is 0 Å². The number of aromatic nitrogens is 5. The highest BCUT2D eigenvalue weighted by molar-refractivity contribution is 7.05. The molecule has 1 atom stereocenters. The summed E-state index contributed by atoms with van der Waals surface area (Å²) in [6, 6.07) is 9.43. The largest absolute Gasteiger partial charge is 0.318 e. The Morgan fingerprint density at radius 3 is 2.67 bits per heavy atom. The zero-order valence-electron chi connectivity index (χ0n) is 9.34. The van der Waals surface area contributed by atoms with E-state index in [4.69, 9.17) is 5.73 Å². The van der Waals surface area contributed by atoms with Gasteiger partial charge in [0.25, 0.3) is 0 Å². The Hall–Kier alpha value is -2.12. The first-order chi connectivity index (χ1) is 8.86. The molecule has 0 amide bonds. The van der Waals surface area contributed by atoms with Crippen molar-refractivity contribution in [3.8, 4) is 5.69 Å². The first kappa shape index (κ1) is 11.0. The van der Waals surface area contributed by atoms with Gasteiger partial charge in [0.2, 0.25) is 0 Å². The van der Waals surface area contributed by atoms with Crippen LogP contribution in [0.3, 0.4) is 0 Å². The Balaban J connectivity index is 2.02. The van der Waals surface area contributed by atoms with E-state index in [1.165, 1.54) is 11.5 Å². The lowest BCUT2D eigenvalue weighted by atomic mass is 10.2. The molecule has 0 fully saturated rings. The van der Waals surface area contributed by atoms with Crippen LogP contribution in [-0.2, 0) is 0 Å². The van der Waals surface area contributed by atoms with Crippen molar-refractivity contribution in [2.24, 2.45) is 5.73 Å². The third kappa shape index (κ3) is 1.89. The number of para-hydroxylation sites is 1. The van der Waals surface area contributed by atoms with Gasteiger partial charge < -0.3 is 5.73 Å². The number of hydrogen-bond donors (Lipinski definition) is 1. The highest BCUT2D eigenvalue weighted by Crippen LogP contribution is 2.22. The van der Waals surface area contributed by atoms with Gasteiger partial charge in [-0.3, -0.25) is 0 Å². The van der Waals surface area contributed by atoms with Crippen LogP contribution < -0.4 is 5.73 Å². The molecule has 1 unspecified atom stereocenters. The number of benzene rings is 1. The van der Waals surface area contributed by atoms with Crippen molar-refractivity contribution in [3.63, 3.8) is 0 Å². The molecule has 7 heteroatoms. The summed E-state index contributed by atoms with van der Waals surface area (Å²) < 4.78 is 5.54. The second-order valence-electron chi connectivity index (χ2n) is 3.70. The topological polar surface area (TPSA) is 82.5 Å². The van der Waals surface area contributed by atoms with Crippen molar-refractivity contribution in [1.82, 2.24) is 24.6 Å². The molecule has 0 bridgehead atoms. The maximum atomic E-state index is 6.17. The van der Waals surface area contributed by atoms with Gasteiger partial charge in [0.15, 0.2) is 0 Å². The van der Waals surface area contributed by atoms with Crippen LogP contribution in [0, 0.1) is 0 Å². The van der Waals surface area contributed by atoms with Crippen LogP contribution in [0.4, 0.5) is 0 Å². The van der Waals surface area contributed by atoms with Crippen LogP contribution in [0.25, 0.3) is 5.69 Å². The predicted molar refractivity (Wildman–Crippen MR) is 67.3 cm³/mol. The van der Waals surface area contributed by atoms with Crippen LogP contribution >= 0.6 is 11.5 Å². The Morgan fingerprint density at radius 1 is 1.11 bits per heavy atom. The van der Waals surface area contributed by atoms with Crippen LogP contribution in [0.5, 0.6) is 0 Å². The molecule has 2 aromatic heterocycles. The van der Waals surface area contributed by atoms with Crippen molar-refractivity contribution < 1.29 is 0 Å². The zero-order valence-corrected chi connectivity index (χ0v) is 10.2. The van der Waals surface area contributed by atoms with Gasteiger partial charge in [-0.15, -0.1) is 10.2 Å². The average Bonchev–Trinajstić information content (AvgIpc) is 3.10. The van der Waals surface area contributed by atoms with E-state index < -0.39 is 0 Å². The summed E-state index contributed by atoms with van der Waals surface area (Å²) in [4.78, 5) is 0.884. The molecule has 0 aliphatic heterocycles. The maximum absolute atomic E-state index is 6.17. The summed E-state index contributed by atoms with van der Waals surface area (Å²) in [6.45, 7) is 0. The molecule has 0 saturated heterocycles. The lowest BCUT2D eigenvalue weighted by molar-refractivity contribution is 0.725. The van der Waals surface area contributed by atoms with E-state index >= 15 is 0 Å². The van der Waals surface area contributed by atoms with Crippen LogP contribution in [0.15, 0.2) is 42.7 Å². The van der Waals surface area contributed by atoms with Gasteiger partial charge >= 0.3 is 0 Å². The van der Waals surface area contributed by atoms with E-state index in [9.17, 15) is 0 Å². The first-order valence-corrected chi connectivity index (χ1v) is 6.12. The van der Waals surface area contributed by atoms with E-state index in [2.05, 4.69) is 19.9 Å². The molecular formula is C11H10N6S. The molecule has 2 heterocycles. The lowest BCUT2D eigenvalue weighted by Crippen LogP contribution is -2.15. The molecular weight excluding hydrogens is 248 g/mol. The highest BCUT2D eigenvalue weighted by atomic mass is 32.1. The third-order valence-electron chi connectivity index (χ3n) is 2.58. The summed E-state index contributed by atoms with van der Waals surface area (Å²) >= 11 is 1.28. The van der Waals surface area contributed by atoms with Crippen LogP contribution in [0.2, 0.25) is 0 Å². The van der Waals surface area contributed by atoms with E-state index in [1.807, 2.05) is 30.3 Å². The van der Waals surface area contributed by atoms with Gasteiger partial charge in [0.1, 0.15) is 0 Å². The van der Waals surface area contributed by atoms with Gasteiger partial charge in [0, 0.05) is 0 Å². The molecule has 0 saturated carbocycles. The Kier molecular flexibility index (Phi) is 2.83. The average molecular weight is 258 g/mol. The summed E-state index contributed by atoms with van der Waals surface area (Å²) in [7, 11) is 0. The smallest absolute Gasteiger partial charge is 0.0870 e. The lowest BCUT2D eigenvalue weighted by Gasteiger charge is -2.10. The Labute approximate surface area is 107 Å². The Morgan fingerprint density at radius 2 is 1.94 bits per heavy atom. The minimum Gasteiger partial charge on any atom is -0.318 e. The fourth-order valence-electron chi connectivity index (χ4n) is 1.68. The number of rotatable bonds is 3. The summed E-state index contributed by atoms with van der Waals surface area (Å²) in [5.41, 5.74) is 7.91. The zero-order chi connectivity index (χ0) is 12.4. The summed E-state index contributed by atoms with van der Waals surface area (Å²) in [6.07, 6.45) is 3.33. The van der Waals surface area contributed by atoms with Gasteiger partial charge in [0.05, 0.1) is 34.7 Å². The van der Waals surface area contributed by atoms with E-state index in [0.29, 0.717) is 0 Å². The number of nitrogens with zero attached hydrogens (tertiary/aromatic N) is 5. The van der Waals surface area contributed by atoms with Crippen molar-refractivity contribution >= 4 is 11.5 Å². The molecule has 0 aliphatic rings. The molecule has 3 rings (SSSR count). The monoisotopic (exact) mass is 258 g/mol.